The molecule has 2 aromatic rings. The smallest absolute Gasteiger partial charge is 0.256 e. The molecule has 1 saturated heterocycles. The number of benzene rings is 2. The van der Waals surface area contributed by atoms with Gasteiger partial charge in [0.15, 0.2) is 0 Å². The van der Waals surface area contributed by atoms with E-state index in [1.54, 1.807) is 0 Å². The van der Waals surface area contributed by atoms with Gasteiger partial charge in [0.1, 0.15) is 6.10 Å². The molecule has 0 N–H and O–H groups in total. The van der Waals surface area contributed by atoms with E-state index in [1.165, 1.54) is 16.7 Å². The first kappa shape index (κ1) is 18.2. The highest BCUT2D eigenvalue weighted by atomic mass is 16.5. The number of rotatable bonds is 2. The maximum absolute atomic E-state index is 13.4. The third-order valence-corrected chi connectivity index (χ3v) is 6.25. The maximum atomic E-state index is 13.4. The first-order valence-corrected chi connectivity index (χ1v) is 9.95. The summed E-state index contributed by atoms with van der Waals surface area (Å²) in [6.45, 7) is 9.48. The predicted molar refractivity (Wildman–Crippen MR) is 109 cm³/mol. The zero-order valence-electron chi connectivity index (χ0n) is 16.8. The van der Waals surface area contributed by atoms with Crippen LogP contribution in [-0.4, -0.2) is 24.2 Å². The Labute approximate surface area is 162 Å². The molecule has 1 fully saturated rings. The van der Waals surface area contributed by atoms with E-state index in [4.69, 9.17) is 4.74 Å². The number of carbonyl (C=O) groups is 1. The summed E-state index contributed by atoms with van der Waals surface area (Å²) in [5.74, 6) is 0.107. The van der Waals surface area contributed by atoms with Gasteiger partial charge in [0.2, 0.25) is 0 Å². The van der Waals surface area contributed by atoms with E-state index in [0.717, 1.165) is 24.9 Å². The zero-order chi connectivity index (χ0) is 19.2. The third-order valence-electron chi connectivity index (χ3n) is 6.25. The van der Waals surface area contributed by atoms with Crippen molar-refractivity contribution in [3.63, 3.8) is 0 Å². The SMILES string of the molecule is Cc1ccc([C@@]2(C)CC(C)(C)N(C(=O)[C@@H]3CCCO3)c3ccccc32)cc1. The molecule has 0 unspecified atom stereocenters. The summed E-state index contributed by atoms with van der Waals surface area (Å²) in [5, 5.41) is 0. The van der Waals surface area contributed by atoms with Crippen LogP contribution in [0.2, 0.25) is 0 Å². The van der Waals surface area contributed by atoms with Crippen molar-refractivity contribution in [2.24, 2.45) is 0 Å². The average Bonchev–Trinajstić information content (AvgIpc) is 3.16. The molecule has 0 bridgehead atoms. The normalized spacial score (nSPS) is 26.7. The van der Waals surface area contributed by atoms with Gasteiger partial charge in [-0.1, -0.05) is 55.0 Å². The molecule has 3 heteroatoms. The van der Waals surface area contributed by atoms with Crippen LogP contribution in [0.15, 0.2) is 48.5 Å². The lowest BCUT2D eigenvalue weighted by molar-refractivity contribution is -0.128. The van der Waals surface area contributed by atoms with Crippen molar-refractivity contribution in [3.05, 3.63) is 65.2 Å². The second-order valence-electron chi connectivity index (χ2n) is 8.88. The second kappa shape index (κ2) is 6.49. The molecule has 2 aliphatic rings. The van der Waals surface area contributed by atoms with Gasteiger partial charge in [-0.25, -0.2) is 0 Å². The summed E-state index contributed by atoms with van der Waals surface area (Å²) in [4.78, 5) is 15.4. The molecule has 2 aromatic carbocycles. The minimum absolute atomic E-state index is 0.107. The number of carbonyl (C=O) groups excluding carboxylic acids is 1. The van der Waals surface area contributed by atoms with Gasteiger partial charge in [-0.2, -0.15) is 0 Å². The standard InChI is InChI=1S/C24H29NO2/c1-17-11-13-18(14-12-17)24(4)16-23(2,3)25(20-9-6-5-8-19(20)24)22(26)21-10-7-15-27-21/h5-6,8-9,11-14,21H,7,10,15-16H2,1-4H3/t21-,24+/m0/s1. The Morgan fingerprint density at radius 3 is 2.44 bits per heavy atom. The van der Waals surface area contributed by atoms with E-state index < -0.39 is 0 Å². The van der Waals surface area contributed by atoms with Gasteiger partial charge < -0.3 is 9.64 Å². The summed E-state index contributed by atoms with van der Waals surface area (Å²) < 4.78 is 5.73. The van der Waals surface area contributed by atoms with Crippen LogP contribution >= 0.6 is 0 Å². The molecule has 1 amide bonds. The van der Waals surface area contributed by atoms with Crippen LogP contribution in [0.5, 0.6) is 0 Å². The molecule has 2 aliphatic heterocycles. The Kier molecular flexibility index (Phi) is 4.38. The molecule has 3 nitrogen and oxygen atoms in total. The molecule has 142 valence electrons. The van der Waals surface area contributed by atoms with E-state index in [0.29, 0.717) is 6.61 Å². The Morgan fingerprint density at radius 2 is 1.78 bits per heavy atom. The van der Waals surface area contributed by atoms with Gasteiger partial charge in [-0.05, 0) is 57.2 Å². The number of ether oxygens (including phenoxy) is 1. The first-order valence-electron chi connectivity index (χ1n) is 9.95. The average molecular weight is 364 g/mol. The Bertz CT molecular complexity index is 849. The van der Waals surface area contributed by atoms with Gasteiger partial charge in [0.25, 0.3) is 5.91 Å². The summed E-state index contributed by atoms with van der Waals surface area (Å²) in [5.41, 5.74) is 4.38. The fourth-order valence-corrected chi connectivity index (χ4v) is 5.01. The van der Waals surface area contributed by atoms with Gasteiger partial charge >= 0.3 is 0 Å². The van der Waals surface area contributed by atoms with Crippen molar-refractivity contribution < 1.29 is 9.53 Å². The Balaban J connectivity index is 1.84. The molecule has 0 radical (unpaired) electrons. The zero-order valence-corrected chi connectivity index (χ0v) is 16.8. The highest BCUT2D eigenvalue weighted by molar-refractivity contribution is 5.99. The Hall–Kier alpha value is -2.13. The molecule has 0 aliphatic carbocycles. The van der Waals surface area contributed by atoms with Crippen LogP contribution in [0, 0.1) is 6.92 Å². The van der Waals surface area contributed by atoms with Crippen molar-refractivity contribution in [2.75, 3.05) is 11.5 Å². The lowest BCUT2D eigenvalue weighted by Crippen LogP contribution is -2.58. The van der Waals surface area contributed by atoms with E-state index >= 15 is 0 Å². The van der Waals surface area contributed by atoms with Crippen LogP contribution in [0.25, 0.3) is 0 Å². The Morgan fingerprint density at radius 1 is 1.07 bits per heavy atom. The fourth-order valence-electron chi connectivity index (χ4n) is 5.01. The molecule has 0 spiro atoms. The van der Waals surface area contributed by atoms with E-state index in [1.807, 2.05) is 11.0 Å². The molecule has 2 heterocycles. The van der Waals surface area contributed by atoms with Crippen molar-refractivity contribution in [1.29, 1.82) is 0 Å². The number of para-hydroxylation sites is 1. The molecular formula is C24H29NO2. The van der Waals surface area contributed by atoms with Gasteiger partial charge in [0.05, 0.1) is 0 Å². The van der Waals surface area contributed by atoms with Crippen LogP contribution in [0.4, 0.5) is 5.69 Å². The summed E-state index contributed by atoms with van der Waals surface area (Å²) in [7, 11) is 0. The quantitative estimate of drug-likeness (QED) is 0.752. The minimum atomic E-state index is -0.305. The number of nitrogens with zero attached hydrogens (tertiary/aromatic N) is 1. The molecule has 27 heavy (non-hydrogen) atoms. The largest absolute Gasteiger partial charge is 0.368 e. The molecule has 0 aromatic heterocycles. The van der Waals surface area contributed by atoms with Gasteiger partial charge in [0, 0.05) is 23.2 Å². The summed E-state index contributed by atoms with van der Waals surface area (Å²) in [6, 6.07) is 17.2. The number of hydrogen-bond acceptors (Lipinski definition) is 2. The third kappa shape index (κ3) is 2.98. The number of aryl methyl sites for hydroxylation is 1. The van der Waals surface area contributed by atoms with E-state index in [9.17, 15) is 4.79 Å². The number of amides is 1. The number of fused-ring (bicyclic) bond motifs is 1. The summed E-state index contributed by atoms with van der Waals surface area (Å²) >= 11 is 0. The van der Waals surface area contributed by atoms with Crippen LogP contribution in [-0.2, 0) is 14.9 Å². The van der Waals surface area contributed by atoms with E-state index in [-0.39, 0.29) is 23.0 Å². The molecule has 2 atom stereocenters. The second-order valence-corrected chi connectivity index (χ2v) is 8.88. The van der Waals surface area contributed by atoms with Crippen molar-refractivity contribution >= 4 is 11.6 Å². The van der Waals surface area contributed by atoms with Crippen LogP contribution in [0.3, 0.4) is 0 Å². The lowest BCUT2D eigenvalue weighted by atomic mass is 9.65. The molecular weight excluding hydrogens is 334 g/mol. The molecule has 0 saturated carbocycles. The van der Waals surface area contributed by atoms with Crippen molar-refractivity contribution in [3.8, 4) is 0 Å². The van der Waals surface area contributed by atoms with Crippen molar-refractivity contribution in [1.82, 2.24) is 0 Å². The highest BCUT2D eigenvalue weighted by Crippen LogP contribution is 2.50. The lowest BCUT2D eigenvalue weighted by Gasteiger charge is -2.51. The first-order chi connectivity index (χ1) is 12.8. The van der Waals surface area contributed by atoms with Crippen LogP contribution < -0.4 is 4.90 Å². The maximum Gasteiger partial charge on any atom is 0.256 e. The van der Waals surface area contributed by atoms with Crippen molar-refractivity contribution in [2.45, 2.75) is 64.0 Å². The minimum Gasteiger partial charge on any atom is -0.368 e. The predicted octanol–water partition coefficient (Wildman–Crippen LogP) is 5.00. The van der Waals surface area contributed by atoms with Gasteiger partial charge in [-0.3, -0.25) is 4.79 Å². The molecule has 4 rings (SSSR count). The van der Waals surface area contributed by atoms with E-state index in [2.05, 4.69) is 70.2 Å². The number of hydrogen-bond donors (Lipinski definition) is 0. The fraction of sp³-hybridized carbons (Fsp3) is 0.458. The monoisotopic (exact) mass is 363 g/mol. The summed E-state index contributed by atoms with van der Waals surface area (Å²) in [6.07, 6.45) is 2.36. The topological polar surface area (TPSA) is 29.5 Å². The highest BCUT2D eigenvalue weighted by Gasteiger charge is 2.49. The van der Waals surface area contributed by atoms with Crippen LogP contribution in [0.1, 0.15) is 56.7 Å². The number of anilines is 1. The van der Waals surface area contributed by atoms with Gasteiger partial charge in [-0.15, -0.1) is 0 Å².